The average molecular weight is 967 g/mol. The summed E-state index contributed by atoms with van der Waals surface area (Å²) in [7, 11) is -5.58. The van der Waals surface area contributed by atoms with Crippen LogP contribution in [-0.4, -0.2) is 85.5 Å². The highest BCUT2D eigenvalue weighted by Crippen LogP contribution is 2.43. The molecule has 0 radical (unpaired) electrons. The van der Waals surface area contributed by atoms with E-state index in [1.807, 2.05) is 25.2 Å². The van der Waals surface area contributed by atoms with E-state index in [2.05, 4.69) is 149 Å². The van der Waals surface area contributed by atoms with E-state index < -0.39 is 67.2 Å². The molecule has 0 aromatic carbocycles. The van der Waals surface area contributed by atoms with Gasteiger partial charge in [0, 0.05) is 24.2 Å². The SMILES string of the molecule is C=C/C=C\[C@H](C)[C@H](OC(N)=O)[C@@H](C)[C@H](O[Si](C)(C)C(C)(C)C)[C@@H](C)C/C(C)=C\[C@H](C)[C@@H](O[Si](C)(C)C(C)(C)C)[C@@H](C)/C=C\[C@H](O)CC(=O)[C@H](C)[C@H](O[Si](C)(C)C(C)(C)C)[C@@H](C)C(=O)OC. The van der Waals surface area contributed by atoms with E-state index in [-0.39, 0.29) is 69.1 Å². The van der Waals surface area contributed by atoms with E-state index in [1.54, 1.807) is 26.0 Å². The highest BCUT2D eigenvalue weighted by Gasteiger charge is 2.46. The first kappa shape index (κ1) is 62.9. The Morgan fingerprint density at radius 1 is 0.631 bits per heavy atom. The third kappa shape index (κ3) is 19.4. The Morgan fingerprint density at radius 2 is 1.06 bits per heavy atom. The van der Waals surface area contributed by atoms with Gasteiger partial charge in [0.05, 0.1) is 37.4 Å². The van der Waals surface area contributed by atoms with Crippen molar-refractivity contribution in [2.45, 2.75) is 215 Å². The number of methoxy groups -OCH3 is 1. The molecule has 13 heteroatoms. The van der Waals surface area contributed by atoms with E-state index in [1.165, 1.54) is 12.7 Å². The fraction of sp³-hybridized carbons (Fsp3) is 0.788. The van der Waals surface area contributed by atoms with Crippen molar-refractivity contribution < 1.29 is 42.2 Å². The predicted molar refractivity (Wildman–Crippen MR) is 279 cm³/mol. The fourth-order valence-corrected chi connectivity index (χ4v) is 12.0. The molecule has 0 rings (SSSR count). The minimum atomic E-state index is -2.37. The van der Waals surface area contributed by atoms with Crippen LogP contribution in [0.25, 0.3) is 0 Å². The Labute approximate surface area is 401 Å². The molecule has 0 aliphatic heterocycles. The molecule has 0 aliphatic rings. The van der Waals surface area contributed by atoms with Gasteiger partial charge in [-0.15, -0.1) is 0 Å². The Kier molecular flexibility index (Phi) is 24.6. The first-order valence-electron chi connectivity index (χ1n) is 24.1. The van der Waals surface area contributed by atoms with E-state index in [0.29, 0.717) is 0 Å². The molecule has 0 aromatic heterocycles. The summed E-state index contributed by atoms with van der Waals surface area (Å²) in [6.07, 6.45) is 8.74. The summed E-state index contributed by atoms with van der Waals surface area (Å²) in [6.45, 7) is 53.2. The van der Waals surface area contributed by atoms with Crippen molar-refractivity contribution in [2.75, 3.05) is 7.11 Å². The largest absolute Gasteiger partial charge is 0.469 e. The molecule has 0 heterocycles. The van der Waals surface area contributed by atoms with Crippen LogP contribution in [0.3, 0.4) is 0 Å². The molecule has 0 saturated carbocycles. The molecule has 10 nitrogen and oxygen atoms in total. The standard InChI is InChI=1S/C52H99NO9Si3/c1-26-27-28-35(3)45(59-49(53)57)40(8)46(61-64(22,23)51(13,14)15)38(6)32-34(2)31-37(5)44(60-63(20,21)50(10,11)12)36(4)29-30-42(54)33-43(55)39(7)47(41(9)48(56)58-19)62-65(24,25)52(16,17)18/h26-31,35-42,44-47,54H,1,32-33H2,2-25H3,(H2,53,57)/b28-27-,30-29-,34-31-/t35-,36-,37-,38-,39-,40+,41+,42-,44-,45-,46+,47-/m0/s1. The smallest absolute Gasteiger partial charge is 0.404 e. The lowest BCUT2D eigenvalue weighted by Gasteiger charge is -2.45. The van der Waals surface area contributed by atoms with Crippen LogP contribution in [0.5, 0.6) is 0 Å². The van der Waals surface area contributed by atoms with Crippen molar-refractivity contribution in [1.29, 1.82) is 0 Å². The summed E-state index contributed by atoms with van der Waals surface area (Å²) in [6, 6.07) is 0. The normalized spacial score (nSPS) is 19.6. The molecule has 0 aromatic rings. The third-order valence-corrected chi connectivity index (χ3v) is 28.4. The van der Waals surface area contributed by atoms with Gasteiger partial charge in [-0.05, 0) is 92.4 Å². The highest BCUT2D eigenvalue weighted by molar-refractivity contribution is 6.75. The molecular formula is C52H99NO9Si3. The Bertz CT molecular complexity index is 1620. The topological polar surface area (TPSA) is 144 Å². The monoisotopic (exact) mass is 966 g/mol. The number of ether oxygens (including phenoxy) is 2. The number of amides is 1. The van der Waals surface area contributed by atoms with Crippen molar-refractivity contribution >= 4 is 42.8 Å². The molecule has 65 heavy (non-hydrogen) atoms. The van der Waals surface area contributed by atoms with E-state index in [9.17, 15) is 19.5 Å². The number of allylic oxidation sites excluding steroid dienone is 3. The molecular weight excluding hydrogens is 867 g/mol. The molecule has 1 amide bonds. The maximum atomic E-state index is 13.8. The maximum absolute atomic E-state index is 13.8. The number of aliphatic hydroxyl groups is 1. The van der Waals surface area contributed by atoms with Crippen LogP contribution in [0, 0.1) is 41.4 Å². The molecule has 0 saturated heterocycles. The second-order valence-electron chi connectivity index (χ2n) is 23.9. The van der Waals surface area contributed by atoms with Crippen molar-refractivity contribution in [3.05, 3.63) is 48.6 Å². The van der Waals surface area contributed by atoms with Gasteiger partial charge in [-0.3, -0.25) is 9.59 Å². The molecule has 3 N–H and O–H groups in total. The fourth-order valence-electron chi connectivity index (χ4n) is 7.61. The minimum Gasteiger partial charge on any atom is -0.469 e. The molecule has 378 valence electrons. The van der Waals surface area contributed by atoms with Gasteiger partial charge in [-0.1, -0.05) is 152 Å². The van der Waals surface area contributed by atoms with Gasteiger partial charge in [0.25, 0.3) is 0 Å². The Morgan fingerprint density at radius 3 is 1.48 bits per heavy atom. The van der Waals surface area contributed by atoms with E-state index >= 15 is 0 Å². The first-order valence-corrected chi connectivity index (χ1v) is 32.8. The highest BCUT2D eigenvalue weighted by atomic mass is 28.4. The van der Waals surface area contributed by atoms with Crippen LogP contribution in [0.1, 0.15) is 131 Å². The lowest BCUT2D eigenvalue weighted by atomic mass is 9.81. The Hall–Kier alpha value is -2.14. The number of esters is 1. The number of Topliss-reactive ketones (excluding diaryl/α,β-unsaturated/α-hetero) is 1. The summed E-state index contributed by atoms with van der Waals surface area (Å²) >= 11 is 0. The number of rotatable bonds is 26. The van der Waals surface area contributed by atoms with Crippen molar-refractivity contribution in [3.8, 4) is 0 Å². The minimum absolute atomic E-state index is 0.00462. The average Bonchev–Trinajstić information content (AvgIpc) is 3.15. The van der Waals surface area contributed by atoms with E-state index in [4.69, 9.17) is 28.5 Å². The molecule has 0 aliphatic carbocycles. The number of carbonyl (C=O) groups excluding carboxylic acids is 3. The summed E-state index contributed by atoms with van der Waals surface area (Å²) < 4.78 is 32.1. The summed E-state index contributed by atoms with van der Waals surface area (Å²) in [4.78, 5) is 38.9. The zero-order valence-electron chi connectivity index (χ0n) is 45.8. The second-order valence-corrected chi connectivity index (χ2v) is 38.2. The molecule has 0 unspecified atom stereocenters. The second kappa shape index (κ2) is 25.5. The lowest BCUT2D eigenvalue weighted by Crippen LogP contribution is -2.50. The number of aliphatic hydroxyl groups excluding tert-OH is 1. The number of primary amides is 1. The molecule has 12 atom stereocenters. The van der Waals surface area contributed by atoms with Crippen molar-refractivity contribution in [1.82, 2.24) is 0 Å². The van der Waals surface area contributed by atoms with Crippen molar-refractivity contribution in [2.24, 2.45) is 47.2 Å². The zero-order valence-corrected chi connectivity index (χ0v) is 48.8. The number of hydrogen-bond acceptors (Lipinski definition) is 9. The van der Waals surface area contributed by atoms with Gasteiger partial charge >= 0.3 is 12.1 Å². The summed E-state index contributed by atoms with van der Waals surface area (Å²) in [5.74, 6) is -2.25. The number of nitrogens with two attached hydrogens (primary N) is 1. The van der Waals surface area contributed by atoms with Gasteiger partial charge in [0.1, 0.15) is 11.9 Å². The van der Waals surface area contributed by atoms with Crippen LogP contribution in [0.4, 0.5) is 4.79 Å². The van der Waals surface area contributed by atoms with Crippen LogP contribution in [0.2, 0.25) is 54.4 Å². The van der Waals surface area contributed by atoms with Crippen LogP contribution in [0.15, 0.2) is 48.6 Å². The summed E-state index contributed by atoms with van der Waals surface area (Å²) in [5.41, 5.74) is 6.85. The predicted octanol–water partition coefficient (Wildman–Crippen LogP) is 13.2. The third-order valence-electron chi connectivity index (χ3n) is 15.0. The van der Waals surface area contributed by atoms with Gasteiger partial charge in [0.2, 0.25) is 0 Å². The van der Waals surface area contributed by atoms with Gasteiger partial charge in [0.15, 0.2) is 25.0 Å². The van der Waals surface area contributed by atoms with E-state index in [0.717, 1.165) is 6.42 Å². The Balaban J connectivity index is 6.89. The van der Waals surface area contributed by atoms with Crippen molar-refractivity contribution in [3.63, 3.8) is 0 Å². The number of carbonyl (C=O) groups is 3. The lowest BCUT2D eigenvalue weighted by molar-refractivity contribution is -0.150. The summed E-state index contributed by atoms with van der Waals surface area (Å²) in [5, 5.41) is 11.1. The zero-order chi connectivity index (χ0) is 51.4. The molecule has 0 spiro atoms. The molecule has 0 bridgehead atoms. The van der Waals surface area contributed by atoms with Crippen LogP contribution < -0.4 is 5.73 Å². The van der Waals surface area contributed by atoms with Gasteiger partial charge in [-0.25, -0.2) is 4.79 Å². The number of hydrogen-bond donors (Lipinski definition) is 2. The first-order chi connectivity index (χ1) is 29.2. The van der Waals surface area contributed by atoms with Crippen LogP contribution in [-0.2, 0) is 32.3 Å². The van der Waals surface area contributed by atoms with Gasteiger partial charge in [-0.2, -0.15) is 0 Å². The van der Waals surface area contributed by atoms with Crippen LogP contribution >= 0.6 is 0 Å². The maximum Gasteiger partial charge on any atom is 0.404 e. The quantitative estimate of drug-likeness (QED) is 0.0375. The van der Waals surface area contributed by atoms with Gasteiger partial charge < -0.3 is 33.6 Å². The molecule has 0 fully saturated rings. The number of ketones is 1.